The number of carbonyl (C=O) groups is 1. The SMILES string of the molecule is CC(=O)NC12C=CCCC1C2. The molecule has 0 aromatic carbocycles. The van der Waals surface area contributed by atoms with Gasteiger partial charge in [0.25, 0.3) is 0 Å². The van der Waals surface area contributed by atoms with E-state index < -0.39 is 0 Å². The molecule has 0 aromatic rings. The normalized spacial score (nSPS) is 39.5. The summed E-state index contributed by atoms with van der Waals surface area (Å²) in [6.45, 7) is 1.59. The second-order valence-electron chi connectivity index (χ2n) is 3.60. The second-order valence-corrected chi connectivity index (χ2v) is 3.60. The molecule has 2 unspecified atom stereocenters. The van der Waals surface area contributed by atoms with Crippen molar-refractivity contribution in [1.29, 1.82) is 0 Å². The number of fused-ring (bicyclic) bond motifs is 1. The van der Waals surface area contributed by atoms with Gasteiger partial charge in [0.05, 0.1) is 5.54 Å². The number of hydrogen-bond acceptors (Lipinski definition) is 1. The summed E-state index contributed by atoms with van der Waals surface area (Å²) in [6, 6.07) is 0. The van der Waals surface area contributed by atoms with Gasteiger partial charge in [-0.3, -0.25) is 4.79 Å². The van der Waals surface area contributed by atoms with Crippen LogP contribution in [0.4, 0.5) is 0 Å². The Balaban J connectivity index is 2.07. The first-order valence-electron chi connectivity index (χ1n) is 4.19. The highest BCUT2D eigenvalue weighted by Gasteiger charge is 2.53. The minimum absolute atomic E-state index is 0.0874. The third-order valence-electron chi connectivity index (χ3n) is 2.66. The molecule has 1 fully saturated rings. The first-order valence-corrected chi connectivity index (χ1v) is 4.19. The van der Waals surface area contributed by atoms with E-state index >= 15 is 0 Å². The molecule has 0 aliphatic heterocycles. The lowest BCUT2D eigenvalue weighted by atomic mass is 10.0. The van der Waals surface area contributed by atoms with E-state index in [0.29, 0.717) is 0 Å². The fraction of sp³-hybridized carbons (Fsp3) is 0.667. The lowest BCUT2D eigenvalue weighted by Crippen LogP contribution is -2.36. The maximum Gasteiger partial charge on any atom is 0.217 e. The minimum Gasteiger partial charge on any atom is -0.347 e. The molecule has 2 rings (SSSR count). The highest BCUT2D eigenvalue weighted by molar-refractivity contribution is 5.75. The summed E-state index contributed by atoms with van der Waals surface area (Å²) in [4.78, 5) is 10.8. The zero-order valence-corrected chi connectivity index (χ0v) is 6.76. The van der Waals surface area contributed by atoms with Crippen LogP contribution in [-0.2, 0) is 4.79 Å². The highest BCUT2D eigenvalue weighted by Crippen LogP contribution is 2.50. The van der Waals surface area contributed by atoms with Crippen LogP contribution in [0.15, 0.2) is 12.2 Å². The summed E-state index contributed by atoms with van der Waals surface area (Å²) in [5, 5.41) is 3.01. The third kappa shape index (κ3) is 1.06. The van der Waals surface area contributed by atoms with E-state index in [-0.39, 0.29) is 11.4 Å². The van der Waals surface area contributed by atoms with Crippen LogP contribution in [-0.4, -0.2) is 11.4 Å². The summed E-state index contributed by atoms with van der Waals surface area (Å²) in [6.07, 6.45) is 7.94. The fourth-order valence-corrected chi connectivity index (χ4v) is 2.03. The summed E-state index contributed by atoms with van der Waals surface area (Å²) in [5.41, 5.74) is 0.0874. The quantitative estimate of drug-likeness (QED) is 0.561. The number of amides is 1. The molecule has 60 valence electrons. The van der Waals surface area contributed by atoms with Gasteiger partial charge >= 0.3 is 0 Å². The molecule has 1 saturated carbocycles. The second kappa shape index (κ2) is 2.10. The molecule has 2 aliphatic rings. The van der Waals surface area contributed by atoms with E-state index in [9.17, 15) is 4.79 Å². The van der Waals surface area contributed by atoms with Gasteiger partial charge < -0.3 is 5.32 Å². The maximum atomic E-state index is 10.8. The molecule has 1 N–H and O–H groups in total. The van der Waals surface area contributed by atoms with E-state index in [2.05, 4.69) is 17.5 Å². The van der Waals surface area contributed by atoms with E-state index in [0.717, 1.165) is 12.3 Å². The van der Waals surface area contributed by atoms with Crippen LogP contribution < -0.4 is 5.32 Å². The van der Waals surface area contributed by atoms with Crippen LogP contribution >= 0.6 is 0 Å². The lowest BCUT2D eigenvalue weighted by Gasteiger charge is -2.16. The molecule has 0 saturated heterocycles. The highest BCUT2D eigenvalue weighted by atomic mass is 16.1. The molecular formula is C9H13NO. The largest absolute Gasteiger partial charge is 0.347 e. The molecule has 2 heteroatoms. The number of nitrogens with one attached hydrogen (secondary N) is 1. The fourth-order valence-electron chi connectivity index (χ4n) is 2.03. The van der Waals surface area contributed by atoms with Crippen LogP contribution in [0.3, 0.4) is 0 Å². The summed E-state index contributed by atoms with van der Waals surface area (Å²) < 4.78 is 0. The predicted octanol–water partition coefficient (Wildman–Crippen LogP) is 1.23. The Bertz CT molecular complexity index is 222. The molecule has 0 spiro atoms. The van der Waals surface area contributed by atoms with Crippen molar-refractivity contribution in [2.45, 2.75) is 31.7 Å². The molecule has 0 aromatic heterocycles. The molecule has 0 bridgehead atoms. The Morgan fingerprint density at radius 2 is 2.55 bits per heavy atom. The number of carbonyl (C=O) groups excluding carboxylic acids is 1. The Morgan fingerprint density at radius 1 is 1.73 bits per heavy atom. The molecular weight excluding hydrogens is 138 g/mol. The van der Waals surface area contributed by atoms with Crippen LogP contribution in [0.2, 0.25) is 0 Å². The first kappa shape index (κ1) is 6.89. The molecule has 2 aliphatic carbocycles. The predicted molar refractivity (Wildman–Crippen MR) is 43.0 cm³/mol. The Kier molecular flexibility index (Phi) is 1.31. The van der Waals surface area contributed by atoms with Crippen LogP contribution in [0.25, 0.3) is 0 Å². The van der Waals surface area contributed by atoms with Crippen LogP contribution in [0.5, 0.6) is 0 Å². The van der Waals surface area contributed by atoms with Gasteiger partial charge in [-0.05, 0) is 25.2 Å². The lowest BCUT2D eigenvalue weighted by molar-refractivity contribution is -0.119. The van der Waals surface area contributed by atoms with Gasteiger partial charge in [-0.1, -0.05) is 12.2 Å². The van der Waals surface area contributed by atoms with Gasteiger partial charge in [0.1, 0.15) is 0 Å². The smallest absolute Gasteiger partial charge is 0.217 e. The van der Waals surface area contributed by atoms with Gasteiger partial charge in [-0.15, -0.1) is 0 Å². The maximum absolute atomic E-state index is 10.8. The summed E-state index contributed by atoms with van der Waals surface area (Å²) in [5.74, 6) is 0.829. The van der Waals surface area contributed by atoms with Crippen molar-refractivity contribution in [3.8, 4) is 0 Å². The van der Waals surface area contributed by atoms with Crippen molar-refractivity contribution in [2.24, 2.45) is 5.92 Å². The average molecular weight is 151 g/mol. The van der Waals surface area contributed by atoms with E-state index in [1.54, 1.807) is 6.92 Å². The summed E-state index contributed by atoms with van der Waals surface area (Å²) >= 11 is 0. The van der Waals surface area contributed by atoms with Crippen LogP contribution in [0.1, 0.15) is 26.2 Å². The van der Waals surface area contributed by atoms with Crippen molar-refractivity contribution in [2.75, 3.05) is 0 Å². The average Bonchev–Trinajstić information content (AvgIpc) is 2.59. The third-order valence-corrected chi connectivity index (χ3v) is 2.66. The molecule has 1 amide bonds. The number of allylic oxidation sites excluding steroid dienone is 1. The van der Waals surface area contributed by atoms with Gasteiger partial charge in [-0.2, -0.15) is 0 Å². The molecule has 2 nitrogen and oxygen atoms in total. The molecule has 0 heterocycles. The van der Waals surface area contributed by atoms with Crippen LogP contribution in [0, 0.1) is 5.92 Å². The zero-order chi connectivity index (χ0) is 7.90. The van der Waals surface area contributed by atoms with Crippen molar-refractivity contribution in [3.63, 3.8) is 0 Å². The Labute approximate surface area is 66.7 Å². The molecule has 2 atom stereocenters. The summed E-state index contributed by atoms with van der Waals surface area (Å²) in [7, 11) is 0. The topological polar surface area (TPSA) is 29.1 Å². The van der Waals surface area contributed by atoms with Crippen molar-refractivity contribution in [3.05, 3.63) is 12.2 Å². The van der Waals surface area contributed by atoms with Crippen molar-refractivity contribution < 1.29 is 4.79 Å². The first-order chi connectivity index (χ1) is 5.23. The Morgan fingerprint density at radius 3 is 3.18 bits per heavy atom. The standard InChI is InChI=1S/C9H13NO/c1-7(11)10-9-5-3-2-4-8(9)6-9/h3,5,8H,2,4,6H2,1H3,(H,10,11). The van der Waals surface area contributed by atoms with Gasteiger partial charge in [-0.25, -0.2) is 0 Å². The zero-order valence-electron chi connectivity index (χ0n) is 6.76. The van der Waals surface area contributed by atoms with E-state index in [4.69, 9.17) is 0 Å². The Hall–Kier alpha value is -0.790. The van der Waals surface area contributed by atoms with Crippen molar-refractivity contribution >= 4 is 5.91 Å². The minimum atomic E-state index is 0.0874. The van der Waals surface area contributed by atoms with Gasteiger partial charge in [0.2, 0.25) is 5.91 Å². The van der Waals surface area contributed by atoms with E-state index in [1.807, 2.05) is 0 Å². The molecule has 11 heavy (non-hydrogen) atoms. The van der Waals surface area contributed by atoms with E-state index in [1.165, 1.54) is 12.8 Å². The van der Waals surface area contributed by atoms with Gasteiger partial charge in [0.15, 0.2) is 0 Å². The van der Waals surface area contributed by atoms with Crippen molar-refractivity contribution in [1.82, 2.24) is 5.32 Å². The number of rotatable bonds is 1. The molecule has 0 radical (unpaired) electrons. The van der Waals surface area contributed by atoms with Gasteiger partial charge in [0, 0.05) is 6.92 Å². The number of hydrogen-bond donors (Lipinski definition) is 1. The monoisotopic (exact) mass is 151 g/mol.